The lowest BCUT2D eigenvalue weighted by Gasteiger charge is -2.29. The van der Waals surface area contributed by atoms with Crippen LogP contribution in [0, 0.1) is 11.8 Å². The minimum Gasteiger partial charge on any atom is -0.370 e. The van der Waals surface area contributed by atoms with Crippen molar-refractivity contribution in [3.05, 3.63) is 60.2 Å². The SMILES string of the molecule is O=C(NC[C@H]1[C@H]2CN(CCc3ccccc3)C[C@]23CC[C@H]1O3)c1cnccn1. The molecule has 28 heavy (non-hydrogen) atoms. The first-order valence-corrected chi connectivity index (χ1v) is 10.2. The molecule has 6 nitrogen and oxygen atoms in total. The Morgan fingerprint density at radius 2 is 2.18 bits per heavy atom. The molecule has 2 aromatic rings. The topological polar surface area (TPSA) is 67.4 Å². The number of benzene rings is 1. The van der Waals surface area contributed by atoms with E-state index >= 15 is 0 Å². The second-order valence-corrected chi connectivity index (χ2v) is 8.30. The van der Waals surface area contributed by atoms with Gasteiger partial charge in [0.25, 0.3) is 5.91 Å². The normalized spacial score (nSPS) is 31.1. The van der Waals surface area contributed by atoms with E-state index in [1.807, 2.05) is 0 Å². The van der Waals surface area contributed by atoms with E-state index in [4.69, 9.17) is 4.74 Å². The molecule has 146 valence electrons. The molecule has 1 N–H and O–H groups in total. The van der Waals surface area contributed by atoms with Crippen LogP contribution in [0.5, 0.6) is 0 Å². The van der Waals surface area contributed by atoms with Crippen LogP contribution < -0.4 is 5.32 Å². The van der Waals surface area contributed by atoms with Crippen LogP contribution in [0.1, 0.15) is 28.9 Å². The summed E-state index contributed by atoms with van der Waals surface area (Å²) in [5.41, 5.74) is 1.76. The first kappa shape index (κ1) is 17.8. The quantitative estimate of drug-likeness (QED) is 0.832. The Morgan fingerprint density at radius 1 is 1.29 bits per heavy atom. The fourth-order valence-electron chi connectivity index (χ4n) is 5.38. The maximum atomic E-state index is 12.4. The van der Waals surface area contributed by atoms with E-state index in [1.165, 1.54) is 11.8 Å². The van der Waals surface area contributed by atoms with Gasteiger partial charge in [-0.2, -0.15) is 0 Å². The summed E-state index contributed by atoms with van der Waals surface area (Å²) in [5.74, 6) is 0.740. The molecule has 0 aliphatic carbocycles. The minimum atomic E-state index is -0.149. The van der Waals surface area contributed by atoms with Crippen molar-refractivity contribution < 1.29 is 9.53 Å². The zero-order valence-corrected chi connectivity index (χ0v) is 16.0. The molecule has 1 aromatic carbocycles. The third kappa shape index (κ3) is 3.20. The number of nitrogens with one attached hydrogen (secondary N) is 1. The van der Waals surface area contributed by atoms with E-state index in [0.29, 0.717) is 24.1 Å². The first-order valence-electron chi connectivity index (χ1n) is 10.2. The van der Waals surface area contributed by atoms with Gasteiger partial charge in [-0.25, -0.2) is 4.98 Å². The number of likely N-dealkylation sites (tertiary alicyclic amines) is 1. The van der Waals surface area contributed by atoms with Gasteiger partial charge in [-0.3, -0.25) is 14.7 Å². The number of fused-ring (bicyclic) bond motifs is 1. The maximum Gasteiger partial charge on any atom is 0.271 e. The summed E-state index contributed by atoms with van der Waals surface area (Å²) in [4.78, 5) is 23.0. The third-order valence-corrected chi connectivity index (χ3v) is 6.71. The van der Waals surface area contributed by atoms with E-state index in [1.54, 1.807) is 12.4 Å². The maximum absolute atomic E-state index is 12.4. The third-order valence-electron chi connectivity index (χ3n) is 6.71. The number of ether oxygens (including phenoxy) is 1. The number of carbonyl (C=O) groups is 1. The lowest BCUT2D eigenvalue weighted by Crippen LogP contribution is -2.42. The average Bonchev–Trinajstić information content (AvgIpc) is 3.40. The van der Waals surface area contributed by atoms with Crippen molar-refractivity contribution in [2.24, 2.45) is 11.8 Å². The zero-order valence-electron chi connectivity index (χ0n) is 16.0. The van der Waals surface area contributed by atoms with Crippen molar-refractivity contribution in [1.82, 2.24) is 20.2 Å². The molecule has 4 atom stereocenters. The number of amides is 1. The van der Waals surface area contributed by atoms with Crippen LogP contribution >= 0.6 is 0 Å². The van der Waals surface area contributed by atoms with E-state index in [0.717, 1.165) is 38.9 Å². The molecule has 2 bridgehead atoms. The van der Waals surface area contributed by atoms with Crippen molar-refractivity contribution in [3.8, 4) is 0 Å². The highest BCUT2D eigenvalue weighted by atomic mass is 16.5. The second-order valence-electron chi connectivity index (χ2n) is 8.30. The summed E-state index contributed by atoms with van der Waals surface area (Å²) in [6, 6.07) is 10.7. The summed E-state index contributed by atoms with van der Waals surface area (Å²) in [5, 5.41) is 3.07. The second kappa shape index (κ2) is 7.26. The highest BCUT2D eigenvalue weighted by molar-refractivity contribution is 5.91. The summed E-state index contributed by atoms with van der Waals surface area (Å²) in [6.45, 7) is 3.80. The molecule has 3 fully saturated rings. The fourth-order valence-corrected chi connectivity index (χ4v) is 5.38. The Labute approximate surface area is 165 Å². The number of aromatic nitrogens is 2. The van der Waals surface area contributed by atoms with Crippen LogP contribution in [0.4, 0.5) is 0 Å². The van der Waals surface area contributed by atoms with Crippen LogP contribution in [0.2, 0.25) is 0 Å². The summed E-state index contributed by atoms with van der Waals surface area (Å²) < 4.78 is 6.50. The number of nitrogens with zero attached hydrogens (tertiary/aromatic N) is 3. The molecule has 5 rings (SSSR count). The number of hydrogen-bond donors (Lipinski definition) is 1. The van der Waals surface area contributed by atoms with Crippen molar-refractivity contribution in [1.29, 1.82) is 0 Å². The largest absolute Gasteiger partial charge is 0.370 e. The van der Waals surface area contributed by atoms with Crippen molar-refractivity contribution in [2.45, 2.75) is 31.0 Å². The predicted octanol–water partition coefficient (Wildman–Crippen LogP) is 1.93. The highest BCUT2D eigenvalue weighted by Crippen LogP contribution is 2.54. The van der Waals surface area contributed by atoms with Crippen LogP contribution in [0.15, 0.2) is 48.9 Å². The van der Waals surface area contributed by atoms with Gasteiger partial charge in [0.2, 0.25) is 0 Å². The molecule has 3 aliphatic heterocycles. The molecule has 3 aliphatic rings. The van der Waals surface area contributed by atoms with Gasteiger partial charge in [0.05, 0.1) is 17.9 Å². The van der Waals surface area contributed by atoms with Gasteiger partial charge in [-0.1, -0.05) is 30.3 Å². The molecule has 0 saturated carbocycles. The fraction of sp³-hybridized carbons (Fsp3) is 0.500. The summed E-state index contributed by atoms with van der Waals surface area (Å²) >= 11 is 0. The molecule has 0 unspecified atom stereocenters. The molecular formula is C22H26N4O2. The standard InChI is InChI=1S/C22H26N4O2/c27-21(19-13-23-9-10-24-19)25-12-17-18-14-26(11-7-16-4-2-1-3-5-16)15-22(18)8-6-20(17)28-22/h1-5,9-10,13,17-18,20H,6-8,11-12,14-15H2,(H,25,27)/t17-,18+,20+,22+/m0/s1. The Hall–Kier alpha value is -2.31. The number of carbonyl (C=O) groups excluding carboxylic acids is 1. The first-order chi connectivity index (χ1) is 13.7. The van der Waals surface area contributed by atoms with Crippen LogP contribution in [0.25, 0.3) is 0 Å². The van der Waals surface area contributed by atoms with Crippen molar-refractivity contribution >= 4 is 5.91 Å². The van der Waals surface area contributed by atoms with Gasteiger partial charge < -0.3 is 10.1 Å². The van der Waals surface area contributed by atoms with Crippen LogP contribution in [-0.2, 0) is 11.2 Å². The van der Waals surface area contributed by atoms with Gasteiger partial charge in [-0.15, -0.1) is 0 Å². The Morgan fingerprint density at radius 3 is 3.00 bits per heavy atom. The van der Waals surface area contributed by atoms with Gasteiger partial charge in [-0.05, 0) is 24.8 Å². The summed E-state index contributed by atoms with van der Waals surface area (Å²) in [6.07, 6.45) is 8.24. The van der Waals surface area contributed by atoms with E-state index in [2.05, 4.69) is 50.5 Å². The van der Waals surface area contributed by atoms with Crippen LogP contribution in [0.3, 0.4) is 0 Å². The monoisotopic (exact) mass is 378 g/mol. The van der Waals surface area contributed by atoms with E-state index in [-0.39, 0.29) is 17.6 Å². The van der Waals surface area contributed by atoms with Gasteiger partial charge in [0.15, 0.2) is 0 Å². The molecule has 1 amide bonds. The molecule has 6 heteroatoms. The van der Waals surface area contributed by atoms with Crippen molar-refractivity contribution in [3.63, 3.8) is 0 Å². The highest BCUT2D eigenvalue weighted by Gasteiger charge is 2.62. The molecule has 1 aromatic heterocycles. The predicted molar refractivity (Wildman–Crippen MR) is 105 cm³/mol. The Kier molecular flexibility index (Phi) is 4.61. The Bertz CT molecular complexity index is 831. The minimum absolute atomic E-state index is 0.00328. The molecule has 4 heterocycles. The van der Waals surface area contributed by atoms with Crippen molar-refractivity contribution in [2.75, 3.05) is 26.2 Å². The summed E-state index contributed by atoms with van der Waals surface area (Å²) in [7, 11) is 0. The zero-order chi connectivity index (χ0) is 19.0. The molecule has 1 spiro atoms. The van der Waals surface area contributed by atoms with E-state index in [9.17, 15) is 4.79 Å². The molecule has 3 saturated heterocycles. The number of rotatable bonds is 6. The van der Waals surface area contributed by atoms with Gasteiger partial charge >= 0.3 is 0 Å². The molecular weight excluding hydrogens is 352 g/mol. The van der Waals surface area contributed by atoms with Crippen LogP contribution in [-0.4, -0.2) is 58.7 Å². The number of hydrogen-bond acceptors (Lipinski definition) is 5. The van der Waals surface area contributed by atoms with E-state index < -0.39 is 0 Å². The lowest BCUT2D eigenvalue weighted by molar-refractivity contribution is 0.00285. The van der Waals surface area contributed by atoms with Gasteiger partial charge in [0, 0.05) is 50.4 Å². The molecule has 0 radical (unpaired) electrons. The average molecular weight is 378 g/mol. The van der Waals surface area contributed by atoms with Gasteiger partial charge in [0.1, 0.15) is 5.69 Å². The Balaban J connectivity index is 1.20. The smallest absolute Gasteiger partial charge is 0.271 e. The lowest BCUT2D eigenvalue weighted by atomic mass is 9.73.